The van der Waals surface area contributed by atoms with Gasteiger partial charge in [-0.1, -0.05) is 25.8 Å². The van der Waals surface area contributed by atoms with Gasteiger partial charge < -0.3 is 15.6 Å². The molecule has 2 aromatic rings. The maximum absolute atomic E-state index is 11.6. The van der Waals surface area contributed by atoms with Gasteiger partial charge in [-0.15, -0.1) is 0 Å². The average molecular weight is 370 g/mol. The summed E-state index contributed by atoms with van der Waals surface area (Å²) in [6, 6.07) is 6.29. The third-order valence-electron chi connectivity index (χ3n) is 6.41. The molecule has 0 bridgehead atoms. The quantitative estimate of drug-likeness (QED) is 0.849. The monoisotopic (exact) mass is 369 g/mol. The van der Waals surface area contributed by atoms with Gasteiger partial charge in [0.05, 0.1) is 11.1 Å². The van der Waals surface area contributed by atoms with E-state index in [0.29, 0.717) is 11.1 Å². The fraction of sp³-hybridized carbons (Fsp3) is 0.619. The average Bonchev–Trinajstić information content (AvgIpc) is 3.13. The first-order valence-electron chi connectivity index (χ1n) is 10.4. The SMILES string of the molecule is CCC[C@H]1CC[C@H](N2CCN(c3nc4c(C(N)=O)cccc4[nH]3)CC2)CC1. The molecule has 6 heteroatoms. The van der Waals surface area contributed by atoms with Crippen LogP contribution < -0.4 is 10.6 Å². The van der Waals surface area contributed by atoms with Crippen LogP contribution in [0.1, 0.15) is 55.8 Å². The van der Waals surface area contributed by atoms with E-state index in [1.165, 1.54) is 38.5 Å². The number of H-pyrrole nitrogens is 1. The summed E-state index contributed by atoms with van der Waals surface area (Å²) in [5, 5.41) is 0. The van der Waals surface area contributed by atoms with E-state index in [4.69, 9.17) is 5.73 Å². The zero-order valence-electron chi connectivity index (χ0n) is 16.3. The molecule has 3 N–H and O–H groups in total. The van der Waals surface area contributed by atoms with Gasteiger partial charge in [-0.3, -0.25) is 9.69 Å². The maximum Gasteiger partial charge on any atom is 0.250 e. The van der Waals surface area contributed by atoms with Crippen molar-refractivity contribution in [1.82, 2.24) is 14.9 Å². The first kappa shape index (κ1) is 18.3. The van der Waals surface area contributed by atoms with Crippen molar-refractivity contribution in [3.05, 3.63) is 23.8 Å². The van der Waals surface area contributed by atoms with Crippen LogP contribution in [0.25, 0.3) is 11.0 Å². The number of aromatic amines is 1. The van der Waals surface area contributed by atoms with Gasteiger partial charge in [0.1, 0.15) is 5.52 Å². The summed E-state index contributed by atoms with van der Waals surface area (Å²) in [5.74, 6) is 1.38. The largest absolute Gasteiger partial charge is 0.366 e. The maximum atomic E-state index is 11.6. The Labute approximate surface area is 161 Å². The predicted octanol–water partition coefficient (Wildman–Crippen LogP) is 3.14. The molecule has 27 heavy (non-hydrogen) atoms. The highest BCUT2D eigenvalue weighted by Crippen LogP contribution is 2.31. The molecule has 0 unspecified atom stereocenters. The van der Waals surface area contributed by atoms with Crippen LogP contribution in [-0.4, -0.2) is 53.0 Å². The van der Waals surface area contributed by atoms with Gasteiger partial charge in [0.2, 0.25) is 5.95 Å². The molecule has 1 saturated carbocycles. The molecular formula is C21H31N5O. The van der Waals surface area contributed by atoms with E-state index in [9.17, 15) is 4.79 Å². The molecule has 6 nitrogen and oxygen atoms in total. The number of hydrogen-bond acceptors (Lipinski definition) is 4. The summed E-state index contributed by atoms with van der Waals surface area (Å²) in [4.78, 5) is 24.6. The van der Waals surface area contributed by atoms with Crippen LogP contribution in [0.3, 0.4) is 0 Å². The van der Waals surface area contributed by atoms with Crippen molar-refractivity contribution < 1.29 is 4.79 Å². The normalized spacial score (nSPS) is 24.4. The Hall–Kier alpha value is -2.08. The van der Waals surface area contributed by atoms with Crippen LogP contribution in [0.4, 0.5) is 5.95 Å². The van der Waals surface area contributed by atoms with Crippen LogP contribution in [-0.2, 0) is 0 Å². The first-order chi connectivity index (χ1) is 13.2. The highest BCUT2D eigenvalue weighted by atomic mass is 16.1. The number of imidazole rings is 1. The molecular weight excluding hydrogens is 338 g/mol. The number of carbonyl (C=O) groups excluding carboxylic acids is 1. The molecule has 1 aromatic heterocycles. The number of aromatic nitrogens is 2. The van der Waals surface area contributed by atoms with Gasteiger partial charge in [0.15, 0.2) is 0 Å². The number of nitrogens with zero attached hydrogens (tertiary/aromatic N) is 3. The number of anilines is 1. The summed E-state index contributed by atoms with van der Waals surface area (Å²) in [5.41, 5.74) is 7.52. The third-order valence-corrected chi connectivity index (χ3v) is 6.41. The van der Waals surface area contributed by atoms with Crippen LogP contribution in [0, 0.1) is 5.92 Å². The lowest BCUT2D eigenvalue weighted by atomic mass is 9.83. The lowest BCUT2D eigenvalue weighted by Gasteiger charge is -2.42. The standard InChI is InChI=1S/C21H31N5O/c1-2-4-15-7-9-16(10-8-15)25-11-13-26(14-12-25)21-23-18-6-3-5-17(20(22)27)19(18)24-21/h3,5-6,15-16H,2,4,7-14H2,1H3,(H2,22,27)(H,23,24)/t15-,16-. The Morgan fingerprint density at radius 1 is 1.19 bits per heavy atom. The Balaban J connectivity index is 1.38. The second kappa shape index (κ2) is 7.89. The minimum Gasteiger partial charge on any atom is -0.366 e. The molecule has 0 spiro atoms. The molecule has 1 aromatic carbocycles. The van der Waals surface area contributed by atoms with Gasteiger partial charge in [-0.05, 0) is 43.7 Å². The predicted molar refractivity (Wildman–Crippen MR) is 109 cm³/mol. The molecule has 2 aliphatic rings. The molecule has 2 heterocycles. The molecule has 0 atom stereocenters. The number of nitrogens with one attached hydrogen (secondary N) is 1. The molecule has 0 radical (unpaired) electrons. The van der Waals surface area contributed by atoms with Gasteiger partial charge in [0, 0.05) is 32.2 Å². The summed E-state index contributed by atoms with van der Waals surface area (Å²) in [6.07, 6.45) is 8.24. The van der Waals surface area contributed by atoms with Crippen molar-refractivity contribution in [3.63, 3.8) is 0 Å². The van der Waals surface area contributed by atoms with Gasteiger partial charge in [0.25, 0.3) is 5.91 Å². The van der Waals surface area contributed by atoms with E-state index in [1.54, 1.807) is 6.07 Å². The molecule has 146 valence electrons. The Morgan fingerprint density at radius 3 is 2.59 bits per heavy atom. The van der Waals surface area contributed by atoms with E-state index in [2.05, 4.69) is 26.7 Å². The minimum absolute atomic E-state index is 0.429. The third kappa shape index (κ3) is 3.81. The summed E-state index contributed by atoms with van der Waals surface area (Å²) in [6.45, 7) is 6.42. The summed E-state index contributed by atoms with van der Waals surface area (Å²) >= 11 is 0. The van der Waals surface area contributed by atoms with Gasteiger partial charge >= 0.3 is 0 Å². The molecule has 1 aliphatic heterocycles. The number of primary amides is 1. The van der Waals surface area contributed by atoms with Gasteiger partial charge in [-0.25, -0.2) is 4.98 Å². The van der Waals surface area contributed by atoms with E-state index in [1.807, 2.05) is 12.1 Å². The number of fused-ring (bicyclic) bond motifs is 1. The summed E-state index contributed by atoms with van der Waals surface area (Å²) in [7, 11) is 0. The minimum atomic E-state index is -0.429. The number of hydrogen-bond donors (Lipinski definition) is 2. The van der Waals surface area contributed by atoms with Crippen molar-refractivity contribution in [3.8, 4) is 0 Å². The second-order valence-electron chi connectivity index (χ2n) is 8.11. The van der Waals surface area contributed by atoms with Crippen LogP contribution >= 0.6 is 0 Å². The van der Waals surface area contributed by atoms with Crippen molar-refractivity contribution in [1.29, 1.82) is 0 Å². The fourth-order valence-corrected chi connectivity index (χ4v) is 4.87. The number of benzene rings is 1. The zero-order chi connectivity index (χ0) is 18.8. The van der Waals surface area contributed by atoms with Crippen molar-refractivity contribution >= 4 is 22.9 Å². The topological polar surface area (TPSA) is 78.2 Å². The van der Waals surface area contributed by atoms with Crippen LogP contribution in [0.5, 0.6) is 0 Å². The summed E-state index contributed by atoms with van der Waals surface area (Å²) < 4.78 is 0. The Kier molecular flexibility index (Phi) is 5.34. The van der Waals surface area contributed by atoms with Crippen LogP contribution in [0.2, 0.25) is 0 Å². The Morgan fingerprint density at radius 2 is 1.93 bits per heavy atom. The molecule has 1 amide bonds. The van der Waals surface area contributed by atoms with Crippen molar-refractivity contribution in [2.75, 3.05) is 31.1 Å². The van der Waals surface area contributed by atoms with Crippen molar-refractivity contribution in [2.45, 2.75) is 51.5 Å². The smallest absolute Gasteiger partial charge is 0.250 e. The lowest BCUT2D eigenvalue weighted by molar-refractivity contribution is 0.100. The van der Waals surface area contributed by atoms with E-state index in [-0.39, 0.29) is 0 Å². The van der Waals surface area contributed by atoms with Crippen molar-refractivity contribution in [2.24, 2.45) is 11.7 Å². The number of piperazine rings is 1. The van der Waals surface area contributed by atoms with E-state index >= 15 is 0 Å². The van der Waals surface area contributed by atoms with E-state index < -0.39 is 5.91 Å². The molecule has 2 fully saturated rings. The number of rotatable bonds is 5. The zero-order valence-corrected chi connectivity index (χ0v) is 16.3. The fourth-order valence-electron chi connectivity index (χ4n) is 4.87. The highest BCUT2D eigenvalue weighted by molar-refractivity contribution is 6.04. The second-order valence-corrected chi connectivity index (χ2v) is 8.11. The number of para-hydroxylation sites is 1. The van der Waals surface area contributed by atoms with E-state index in [0.717, 1.165) is 49.6 Å². The number of carbonyl (C=O) groups is 1. The lowest BCUT2D eigenvalue weighted by Crippen LogP contribution is -2.51. The first-order valence-corrected chi connectivity index (χ1v) is 10.4. The Bertz CT molecular complexity index is 785. The van der Waals surface area contributed by atoms with Crippen LogP contribution in [0.15, 0.2) is 18.2 Å². The molecule has 1 aliphatic carbocycles. The van der Waals surface area contributed by atoms with Gasteiger partial charge in [-0.2, -0.15) is 0 Å². The number of nitrogens with two attached hydrogens (primary N) is 1. The molecule has 4 rings (SSSR count). The molecule has 1 saturated heterocycles. The highest BCUT2D eigenvalue weighted by Gasteiger charge is 2.28. The number of amides is 1.